The van der Waals surface area contributed by atoms with Crippen molar-refractivity contribution < 1.29 is 38.6 Å². The van der Waals surface area contributed by atoms with Crippen molar-refractivity contribution >= 4 is 58.0 Å². The quantitative estimate of drug-likeness (QED) is 0.133. The van der Waals surface area contributed by atoms with Gasteiger partial charge in [0.15, 0.2) is 0 Å². The third-order valence-corrected chi connectivity index (χ3v) is 9.20. The number of carbonyl (C=O) groups excluding carboxylic acids is 3. The number of benzene rings is 3. The fourth-order valence-electron chi connectivity index (χ4n) is 5.19. The highest BCUT2D eigenvalue weighted by Gasteiger charge is 2.38. The molecule has 0 saturated heterocycles. The molecule has 0 saturated carbocycles. The number of hydrogen-bond acceptors (Lipinski definition) is 6. The van der Waals surface area contributed by atoms with E-state index in [1.165, 1.54) is 0 Å². The van der Waals surface area contributed by atoms with Crippen LogP contribution in [0.5, 0.6) is 0 Å². The van der Waals surface area contributed by atoms with E-state index in [0.717, 1.165) is 9.37 Å². The molecule has 11 nitrogen and oxygen atoms in total. The van der Waals surface area contributed by atoms with Gasteiger partial charge in [0.25, 0.3) is 11.8 Å². The van der Waals surface area contributed by atoms with E-state index in [-0.39, 0.29) is 31.7 Å². The van der Waals surface area contributed by atoms with Gasteiger partial charge in [0.1, 0.15) is 11.8 Å². The summed E-state index contributed by atoms with van der Waals surface area (Å²) >= 11 is 3.44. The minimum absolute atomic E-state index is 0.0161. The average molecular weight is 674 g/mol. The number of halogens is 1. The van der Waals surface area contributed by atoms with Crippen molar-refractivity contribution in [1.82, 2.24) is 15.5 Å². The molecule has 5 N–H and O–H groups in total. The molecular weight excluding hydrogens is 641 g/mol. The Morgan fingerprint density at radius 3 is 2.19 bits per heavy atom. The van der Waals surface area contributed by atoms with E-state index >= 15 is 0 Å². The number of nitrogens with zero attached hydrogens (tertiary/aromatic N) is 1. The number of carbonyl (C=O) groups is 4. The summed E-state index contributed by atoms with van der Waals surface area (Å²) < 4.78 is 13.3. The molecule has 1 heterocycles. The van der Waals surface area contributed by atoms with Crippen molar-refractivity contribution in [3.05, 3.63) is 81.8 Å². The molecule has 0 aliphatic carbocycles. The summed E-state index contributed by atoms with van der Waals surface area (Å²) in [5.41, 5.74) is 1.28. The van der Waals surface area contributed by atoms with Gasteiger partial charge in [0.2, 0.25) is 5.91 Å². The van der Waals surface area contributed by atoms with E-state index in [4.69, 9.17) is 0 Å². The lowest BCUT2D eigenvalue weighted by atomic mass is 9.94. The smallest absolute Gasteiger partial charge is 0.342 e. The van der Waals surface area contributed by atoms with Gasteiger partial charge in [-0.25, -0.2) is 4.79 Å². The van der Waals surface area contributed by atoms with E-state index in [2.05, 4.69) is 26.6 Å². The normalized spacial score (nSPS) is 15.4. The van der Waals surface area contributed by atoms with Crippen LogP contribution in [0.1, 0.15) is 53.0 Å². The number of aliphatic carboxylic acids is 1. The Hall–Kier alpha value is -3.41. The molecule has 0 fully saturated rings. The van der Waals surface area contributed by atoms with Crippen LogP contribution in [-0.2, 0) is 20.6 Å². The zero-order valence-electron chi connectivity index (χ0n) is 23.6. The molecule has 3 amide bonds. The molecule has 3 aromatic carbocycles. The number of rotatable bonds is 13. The largest absolute Gasteiger partial charge is 0.480 e. The summed E-state index contributed by atoms with van der Waals surface area (Å²) in [6, 6.07) is 14.7. The molecule has 0 bridgehead atoms. The maximum Gasteiger partial charge on any atom is 0.342 e. The second-order valence-electron chi connectivity index (χ2n) is 10.9. The van der Waals surface area contributed by atoms with Crippen LogP contribution >= 0.6 is 23.5 Å². The van der Waals surface area contributed by atoms with Gasteiger partial charge in [-0.05, 0) is 47.9 Å². The number of hydrogen-bond donors (Lipinski definition) is 5. The van der Waals surface area contributed by atoms with Gasteiger partial charge in [0, 0.05) is 34.0 Å². The van der Waals surface area contributed by atoms with E-state index in [0.29, 0.717) is 27.5 Å². The van der Waals surface area contributed by atoms with Crippen LogP contribution < -0.4 is 10.6 Å². The number of amides is 3. The number of carboxylic acid groups (broad SMARTS) is 1. The Bertz CT molecular complexity index is 1570. The van der Waals surface area contributed by atoms with Crippen molar-refractivity contribution in [1.29, 1.82) is 0 Å². The van der Waals surface area contributed by atoms with Crippen LogP contribution in [0.2, 0.25) is 0 Å². The molecule has 3 aromatic rings. The minimum atomic E-state index is -4.91. The van der Waals surface area contributed by atoms with E-state index < -0.39 is 49.2 Å². The molecule has 3 atom stereocenters. The molecule has 0 radical (unpaired) electrons. The summed E-state index contributed by atoms with van der Waals surface area (Å²) in [7, 11) is -4.91. The summed E-state index contributed by atoms with van der Waals surface area (Å²) in [5, 5.41) is 16.2. The van der Waals surface area contributed by atoms with Crippen molar-refractivity contribution in [2.75, 3.05) is 6.54 Å². The zero-order chi connectivity index (χ0) is 31.5. The maximum absolute atomic E-state index is 13.4. The fraction of sp³-hybridized carbons (Fsp3) is 0.333. The minimum Gasteiger partial charge on any atom is -0.480 e. The van der Waals surface area contributed by atoms with Crippen molar-refractivity contribution in [2.45, 2.75) is 51.0 Å². The van der Waals surface area contributed by atoms with Crippen LogP contribution in [0.15, 0.2) is 65.1 Å². The fourth-order valence-corrected chi connectivity index (χ4v) is 6.48. The highest BCUT2D eigenvalue weighted by atomic mass is 79.9. The van der Waals surface area contributed by atoms with Gasteiger partial charge >= 0.3 is 13.6 Å². The number of carboxylic acids is 1. The molecule has 1 unspecified atom stereocenters. The number of nitrogens with one attached hydrogen (secondary N) is 2. The lowest BCUT2D eigenvalue weighted by molar-refractivity contribution is -0.142. The highest BCUT2D eigenvalue weighted by Crippen LogP contribution is 2.42. The van der Waals surface area contributed by atoms with Gasteiger partial charge in [-0.1, -0.05) is 72.2 Å². The summed E-state index contributed by atoms with van der Waals surface area (Å²) in [6.45, 7) is 3.30. The van der Waals surface area contributed by atoms with Crippen molar-refractivity contribution in [2.24, 2.45) is 5.92 Å². The summed E-state index contributed by atoms with van der Waals surface area (Å²) in [4.78, 5) is 73.3. The molecule has 1 aliphatic heterocycles. The Kier molecular flexibility index (Phi) is 10.2. The monoisotopic (exact) mass is 673 g/mol. The van der Waals surface area contributed by atoms with Crippen LogP contribution in [-0.4, -0.2) is 67.9 Å². The zero-order valence-corrected chi connectivity index (χ0v) is 26.0. The number of imide groups is 1. The predicted molar refractivity (Wildman–Crippen MR) is 164 cm³/mol. The molecule has 228 valence electrons. The van der Waals surface area contributed by atoms with E-state index in [1.54, 1.807) is 60.7 Å². The molecule has 0 aromatic heterocycles. The van der Waals surface area contributed by atoms with Gasteiger partial charge < -0.3 is 20.2 Å². The lowest BCUT2D eigenvalue weighted by Gasteiger charge is -2.31. The Morgan fingerprint density at radius 1 is 0.930 bits per heavy atom. The third-order valence-electron chi connectivity index (χ3n) is 7.29. The van der Waals surface area contributed by atoms with E-state index in [9.17, 15) is 38.6 Å². The van der Waals surface area contributed by atoms with E-state index in [1.807, 2.05) is 13.8 Å². The molecular formula is C30H33BrN3O8P. The standard InChI is InChI=1S/C30H33BrN3O8P/c1-17(2)15-23(27(35)33-24(30(38)39)16-18-7-4-3-5-8-18)32-25(43(40,41)42)13-14-34-28(36)20-10-6-9-19-22(31)12-11-21(26(19)20)29(34)37/h3-12,17,23-25,32H,13-16H2,1-2H3,(H,33,35)(H,38,39)(H2,40,41,42)/t23?,24-,25-/m0/s1. The van der Waals surface area contributed by atoms with Gasteiger partial charge in [-0.15, -0.1) is 0 Å². The van der Waals surface area contributed by atoms with Crippen LogP contribution in [0.4, 0.5) is 0 Å². The second-order valence-corrected chi connectivity index (χ2v) is 13.6. The summed E-state index contributed by atoms with van der Waals surface area (Å²) in [6.07, 6.45) is -0.189. The van der Waals surface area contributed by atoms with Crippen molar-refractivity contribution in [3.8, 4) is 0 Å². The first kappa shape index (κ1) is 32.5. The Morgan fingerprint density at radius 2 is 1.58 bits per heavy atom. The Balaban J connectivity index is 1.53. The van der Waals surface area contributed by atoms with Gasteiger partial charge in [0.05, 0.1) is 6.04 Å². The van der Waals surface area contributed by atoms with Gasteiger partial charge in [-0.2, -0.15) is 0 Å². The highest BCUT2D eigenvalue weighted by molar-refractivity contribution is 9.10. The SMILES string of the molecule is CC(C)CC(N[C@H](CCN1C(=O)c2cccc3c(Br)ccc(c23)C1=O)P(=O)(O)O)C(=O)N[C@@H](Cc1ccccc1)C(=O)O. The Labute approximate surface area is 256 Å². The molecule has 43 heavy (non-hydrogen) atoms. The average Bonchev–Trinajstić information content (AvgIpc) is 2.94. The first-order valence-electron chi connectivity index (χ1n) is 13.7. The molecule has 13 heteroatoms. The van der Waals surface area contributed by atoms with Gasteiger partial charge in [-0.3, -0.25) is 29.2 Å². The third kappa shape index (κ3) is 7.57. The predicted octanol–water partition coefficient (Wildman–Crippen LogP) is 3.91. The summed E-state index contributed by atoms with van der Waals surface area (Å²) in [5.74, 6) is -4.86. The first-order chi connectivity index (χ1) is 20.3. The molecule has 0 spiro atoms. The van der Waals surface area contributed by atoms with Crippen molar-refractivity contribution in [3.63, 3.8) is 0 Å². The van der Waals surface area contributed by atoms with Crippen LogP contribution in [0.25, 0.3) is 10.8 Å². The van der Waals surface area contributed by atoms with Crippen LogP contribution in [0.3, 0.4) is 0 Å². The first-order valence-corrected chi connectivity index (χ1v) is 16.2. The maximum atomic E-state index is 13.4. The topological polar surface area (TPSA) is 173 Å². The molecule has 4 rings (SSSR count). The second kappa shape index (κ2) is 13.5. The molecule has 1 aliphatic rings. The van der Waals surface area contributed by atoms with Crippen LogP contribution in [0, 0.1) is 5.92 Å². The lowest BCUT2D eigenvalue weighted by Crippen LogP contribution is -2.54.